The topological polar surface area (TPSA) is 9.23 Å². The lowest BCUT2D eigenvalue weighted by Crippen LogP contribution is -2.22. The average Bonchev–Trinajstić information content (AvgIpc) is 2.27. The van der Waals surface area contributed by atoms with E-state index in [0.717, 1.165) is 18.1 Å². The fourth-order valence-electron chi connectivity index (χ4n) is 1.86. The molecule has 0 aromatic heterocycles. The lowest BCUT2D eigenvalue weighted by molar-refractivity contribution is 0.131. The van der Waals surface area contributed by atoms with Crippen LogP contribution in [-0.2, 0) is 0 Å². The molecular weight excluding hydrogens is 232 g/mol. The summed E-state index contributed by atoms with van der Waals surface area (Å²) in [6, 6.07) is 8.44. The van der Waals surface area contributed by atoms with E-state index in [2.05, 4.69) is 78.0 Å². The van der Waals surface area contributed by atoms with Gasteiger partial charge in [0.2, 0.25) is 0 Å². The summed E-state index contributed by atoms with van der Waals surface area (Å²) in [4.78, 5) is 0. The predicted octanol–water partition coefficient (Wildman–Crippen LogP) is 5.57. The first-order chi connectivity index (χ1) is 8.78. The number of allylic oxidation sites excluding steroid dienone is 2. The first-order valence-electron chi connectivity index (χ1n) is 7.23. The Hall–Kier alpha value is -1.24. The highest BCUT2D eigenvalue weighted by Gasteiger charge is 2.11. The van der Waals surface area contributed by atoms with E-state index in [4.69, 9.17) is 4.74 Å². The largest absolute Gasteiger partial charge is 0.488 e. The smallest absolute Gasteiger partial charge is 0.120 e. The second-order valence-corrected chi connectivity index (χ2v) is 6.63. The maximum Gasteiger partial charge on any atom is 0.120 e. The van der Waals surface area contributed by atoms with Crippen LogP contribution in [-0.4, -0.2) is 5.60 Å². The van der Waals surface area contributed by atoms with E-state index in [-0.39, 0.29) is 5.60 Å². The summed E-state index contributed by atoms with van der Waals surface area (Å²) in [5, 5.41) is 0. The molecule has 0 radical (unpaired) electrons. The molecule has 0 fully saturated rings. The van der Waals surface area contributed by atoms with Crippen LogP contribution in [0.2, 0.25) is 0 Å². The normalized spacial score (nSPS) is 14.1. The number of ether oxygens (including phenoxy) is 1. The maximum absolute atomic E-state index is 5.83. The van der Waals surface area contributed by atoms with Gasteiger partial charge in [-0.1, -0.05) is 45.1 Å². The SMILES string of the molecule is CC(C)C/C=C/[C@H](C)c1ccc(OC(C)(C)C)cc1. The Morgan fingerprint density at radius 1 is 1.05 bits per heavy atom. The van der Waals surface area contributed by atoms with E-state index in [9.17, 15) is 0 Å². The number of hydrogen-bond acceptors (Lipinski definition) is 1. The summed E-state index contributed by atoms with van der Waals surface area (Å²) in [6.45, 7) is 12.9. The number of rotatable bonds is 5. The van der Waals surface area contributed by atoms with E-state index in [1.807, 2.05) is 0 Å². The molecule has 1 aromatic carbocycles. The average molecular weight is 260 g/mol. The van der Waals surface area contributed by atoms with Crippen LogP contribution in [0.25, 0.3) is 0 Å². The van der Waals surface area contributed by atoms with Gasteiger partial charge in [0, 0.05) is 0 Å². The van der Waals surface area contributed by atoms with Crippen molar-refractivity contribution >= 4 is 0 Å². The van der Waals surface area contributed by atoms with Crippen molar-refractivity contribution < 1.29 is 4.74 Å². The molecule has 1 heteroatoms. The molecule has 1 nitrogen and oxygen atoms in total. The van der Waals surface area contributed by atoms with Gasteiger partial charge >= 0.3 is 0 Å². The minimum atomic E-state index is -0.135. The summed E-state index contributed by atoms with van der Waals surface area (Å²) in [6.07, 6.45) is 5.73. The monoisotopic (exact) mass is 260 g/mol. The molecule has 0 aliphatic rings. The molecule has 0 aliphatic heterocycles. The van der Waals surface area contributed by atoms with Crippen LogP contribution in [0, 0.1) is 5.92 Å². The molecule has 0 aliphatic carbocycles. The zero-order valence-electron chi connectivity index (χ0n) is 13.2. The maximum atomic E-state index is 5.83. The van der Waals surface area contributed by atoms with Crippen molar-refractivity contribution in [2.75, 3.05) is 0 Å². The van der Waals surface area contributed by atoms with E-state index in [1.54, 1.807) is 0 Å². The minimum absolute atomic E-state index is 0.135. The van der Waals surface area contributed by atoms with Crippen molar-refractivity contribution in [2.45, 2.75) is 59.5 Å². The van der Waals surface area contributed by atoms with Crippen molar-refractivity contribution in [3.63, 3.8) is 0 Å². The van der Waals surface area contributed by atoms with Gasteiger partial charge in [0.25, 0.3) is 0 Å². The first-order valence-corrected chi connectivity index (χ1v) is 7.23. The van der Waals surface area contributed by atoms with Crippen molar-refractivity contribution in [2.24, 2.45) is 5.92 Å². The van der Waals surface area contributed by atoms with Gasteiger partial charge in [-0.05, 0) is 56.7 Å². The van der Waals surface area contributed by atoms with Crippen molar-refractivity contribution in [1.29, 1.82) is 0 Å². The summed E-state index contributed by atoms with van der Waals surface area (Å²) in [5.74, 6) is 2.13. The molecule has 0 heterocycles. The Morgan fingerprint density at radius 2 is 1.63 bits per heavy atom. The van der Waals surface area contributed by atoms with Gasteiger partial charge in [0.1, 0.15) is 11.4 Å². The van der Waals surface area contributed by atoms with Gasteiger partial charge in [-0.3, -0.25) is 0 Å². The van der Waals surface area contributed by atoms with Gasteiger partial charge in [-0.15, -0.1) is 0 Å². The van der Waals surface area contributed by atoms with E-state index >= 15 is 0 Å². The molecule has 1 atom stereocenters. The predicted molar refractivity (Wildman–Crippen MR) is 83.8 cm³/mol. The second kappa shape index (κ2) is 6.79. The molecule has 1 rings (SSSR count). The van der Waals surface area contributed by atoms with Crippen LogP contribution in [0.4, 0.5) is 0 Å². The van der Waals surface area contributed by atoms with Crippen LogP contribution in [0.3, 0.4) is 0 Å². The summed E-state index contributed by atoms with van der Waals surface area (Å²) in [7, 11) is 0. The molecular formula is C18H28O. The molecule has 0 spiro atoms. The standard InChI is InChI=1S/C18H28O/c1-14(2)8-7-9-15(3)16-10-12-17(13-11-16)19-18(4,5)6/h7,9-15H,8H2,1-6H3/b9-7+/t15-/m0/s1. The molecule has 0 unspecified atom stereocenters. The van der Waals surface area contributed by atoms with E-state index in [1.165, 1.54) is 5.56 Å². The van der Waals surface area contributed by atoms with Crippen LogP contribution in [0.15, 0.2) is 36.4 Å². The fourth-order valence-corrected chi connectivity index (χ4v) is 1.86. The van der Waals surface area contributed by atoms with Crippen LogP contribution < -0.4 is 4.74 Å². The van der Waals surface area contributed by atoms with Crippen LogP contribution >= 0.6 is 0 Å². The lowest BCUT2D eigenvalue weighted by Gasteiger charge is -2.21. The molecule has 19 heavy (non-hydrogen) atoms. The zero-order chi connectivity index (χ0) is 14.5. The Morgan fingerprint density at radius 3 is 2.11 bits per heavy atom. The first kappa shape index (κ1) is 15.8. The highest BCUT2D eigenvalue weighted by atomic mass is 16.5. The zero-order valence-corrected chi connectivity index (χ0v) is 13.2. The summed E-state index contributed by atoms with van der Waals surface area (Å²) in [5.41, 5.74) is 1.20. The summed E-state index contributed by atoms with van der Waals surface area (Å²) >= 11 is 0. The minimum Gasteiger partial charge on any atom is -0.488 e. The third-order valence-corrected chi connectivity index (χ3v) is 2.86. The molecule has 1 aromatic rings. The second-order valence-electron chi connectivity index (χ2n) is 6.63. The molecule has 106 valence electrons. The molecule has 0 saturated heterocycles. The quantitative estimate of drug-likeness (QED) is 0.629. The van der Waals surface area contributed by atoms with Gasteiger partial charge in [0.05, 0.1) is 0 Å². The lowest BCUT2D eigenvalue weighted by atomic mass is 9.99. The third-order valence-electron chi connectivity index (χ3n) is 2.86. The number of benzene rings is 1. The highest BCUT2D eigenvalue weighted by molar-refractivity contribution is 5.31. The Balaban J connectivity index is 2.63. The molecule has 0 amide bonds. The molecule has 0 N–H and O–H groups in total. The van der Waals surface area contributed by atoms with Gasteiger partial charge < -0.3 is 4.74 Å². The Kier molecular flexibility index (Phi) is 5.65. The molecule has 0 saturated carbocycles. The summed E-state index contributed by atoms with van der Waals surface area (Å²) < 4.78 is 5.83. The Bertz CT molecular complexity index is 393. The van der Waals surface area contributed by atoms with Crippen LogP contribution in [0.1, 0.15) is 59.4 Å². The van der Waals surface area contributed by atoms with E-state index < -0.39 is 0 Å². The fraction of sp³-hybridized carbons (Fsp3) is 0.556. The van der Waals surface area contributed by atoms with Gasteiger partial charge in [-0.2, -0.15) is 0 Å². The van der Waals surface area contributed by atoms with E-state index in [0.29, 0.717) is 5.92 Å². The van der Waals surface area contributed by atoms with Gasteiger partial charge in [0.15, 0.2) is 0 Å². The van der Waals surface area contributed by atoms with Crippen molar-refractivity contribution in [3.8, 4) is 5.75 Å². The van der Waals surface area contributed by atoms with Crippen molar-refractivity contribution in [1.82, 2.24) is 0 Å². The Labute approximate surface area is 118 Å². The third kappa shape index (κ3) is 6.47. The number of hydrogen-bond donors (Lipinski definition) is 0. The molecule has 0 bridgehead atoms. The van der Waals surface area contributed by atoms with Crippen molar-refractivity contribution in [3.05, 3.63) is 42.0 Å². The van der Waals surface area contributed by atoms with Crippen LogP contribution in [0.5, 0.6) is 5.75 Å². The van der Waals surface area contributed by atoms with Gasteiger partial charge in [-0.25, -0.2) is 0 Å². The highest BCUT2D eigenvalue weighted by Crippen LogP contribution is 2.23.